The molecule has 1 aromatic rings. The standard InChI is InChI=1S/C11H11F3O2/c12-11(13,14)10(15)16-8-4-7-9-5-2-1-3-6-9/h1-3,5-6H,4,7-8H2. The molecular weight excluding hydrogens is 221 g/mol. The van der Waals surface area contributed by atoms with Crippen LogP contribution in [0.25, 0.3) is 0 Å². The van der Waals surface area contributed by atoms with Crippen LogP contribution in [0.2, 0.25) is 0 Å². The smallest absolute Gasteiger partial charge is 0.459 e. The van der Waals surface area contributed by atoms with Crippen LogP contribution < -0.4 is 0 Å². The van der Waals surface area contributed by atoms with Crippen LogP contribution >= 0.6 is 0 Å². The van der Waals surface area contributed by atoms with Gasteiger partial charge in [-0.25, -0.2) is 4.79 Å². The molecule has 0 fully saturated rings. The molecule has 1 aromatic carbocycles. The van der Waals surface area contributed by atoms with E-state index in [1.54, 1.807) is 0 Å². The Bertz CT molecular complexity index is 333. The Morgan fingerprint density at radius 1 is 1.19 bits per heavy atom. The predicted octanol–water partition coefficient (Wildman–Crippen LogP) is 2.72. The Balaban J connectivity index is 2.20. The van der Waals surface area contributed by atoms with Crippen molar-refractivity contribution in [3.63, 3.8) is 0 Å². The second-order valence-corrected chi connectivity index (χ2v) is 3.22. The molecule has 0 saturated heterocycles. The molecule has 1 rings (SSSR count). The lowest BCUT2D eigenvalue weighted by Crippen LogP contribution is -2.25. The molecule has 88 valence electrons. The van der Waals surface area contributed by atoms with E-state index in [2.05, 4.69) is 4.74 Å². The number of hydrogen-bond donors (Lipinski definition) is 0. The van der Waals surface area contributed by atoms with Gasteiger partial charge in [0, 0.05) is 0 Å². The molecule has 0 amide bonds. The third-order valence-corrected chi connectivity index (χ3v) is 1.92. The summed E-state index contributed by atoms with van der Waals surface area (Å²) in [6, 6.07) is 9.28. The van der Waals surface area contributed by atoms with Gasteiger partial charge in [0.2, 0.25) is 0 Å². The number of hydrogen-bond acceptors (Lipinski definition) is 2. The maximum absolute atomic E-state index is 11.7. The first-order valence-electron chi connectivity index (χ1n) is 4.78. The summed E-state index contributed by atoms with van der Waals surface area (Å²) in [6.07, 6.45) is -3.93. The predicted molar refractivity (Wildman–Crippen MR) is 51.8 cm³/mol. The normalized spacial score (nSPS) is 11.2. The van der Waals surface area contributed by atoms with Crippen LogP contribution in [0.5, 0.6) is 0 Å². The molecule has 0 unspecified atom stereocenters. The molecule has 2 nitrogen and oxygen atoms in total. The highest BCUT2D eigenvalue weighted by molar-refractivity contribution is 5.75. The zero-order valence-corrected chi connectivity index (χ0v) is 8.46. The summed E-state index contributed by atoms with van der Waals surface area (Å²) in [7, 11) is 0. The topological polar surface area (TPSA) is 26.3 Å². The lowest BCUT2D eigenvalue weighted by atomic mass is 10.1. The summed E-state index contributed by atoms with van der Waals surface area (Å²) in [5.74, 6) is -2.12. The number of carbonyl (C=O) groups is 1. The maximum Gasteiger partial charge on any atom is 0.490 e. The van der Waals surface area contributed by atoms with Crippen molar-refractivity contribution in [3.8, 4) is 0 Å². The first-order chi connectivity index (χ1) is 7.50. The van der Waals surface area contributed by atoms with E-state index < -0.39 is 12.1 Å². The van der Waals surface area contributed by atoms with E-state index in [1.807, 2.05) is 30.3 Å². The minimum atomic E-state index is -4.90. The lowest BCUT2D eigenvalue weighted by molar-refractivity contribution is -0.199. The van der Waals surface area contributed by atoms with Crippen molar-refractivity contribution in [1.29, 1.82) is 0 Å². The highest BCUT2D eigenvalue weighted by Gasteiger charge is 2.40. The molecule has 0 N–H and O–H groups in total. The Labute approximate surface area is 91.0 Å². The molecule has 0 atom stereocenters. The number of alkyl halides is 3. The van der Waals surface area contributed by atoms with Gasteiger partial charge in [0.1, 0.15) is 0 Å². The Morgan fingerprint density at radius 2 is 1.81 bits per heavy atom. The van der Waals surface area contributed by atoms with Gasteiger partial charge in [0.15, 0.2) is 0 Å². The minimum Gasteiger partial charge on any atom is -0.459 e. The number of carbonyl (C=O) groups excluding carboxylic acids is 1. The van der Waals surface area contributed by atoms with Crippen molar-refractivity contribution in [2.75, 3.05) is 6.61 Å². The fourth-order valence-corrected chi connectivity index (χ4v) is 1.17. The monoisotopic (exact) mass is 232 g/mol. The molecule has 0 aliphatic rings. The average Bonchev–Trinajstić information content (AvgIpc) is 2.24. The average molecular weight is 232 g/mol. The Hall–Kier alpha value is -1.52. The highest BCUT2D eigenvalue weighted by Crippen LogP contribution is 2.16. The van der Waals surface area contributed by atoms with Gasteiger partial charge in [-0.1, -0.05) is 30.3 Å². The number of halogens is 3. The molecule has 16 heavy (non-hydrogen) atoms. The second kappa shape index (κ2) is 5.53. The van der Waals surface area contributed by atoms with Gasteiger partial charge in [-0.15, -0.1) is 0 Å². The van der Waals surface area contributed by atoms with Gasteiger partial charge in [-0.05, 0) is 18.4 Å². The van der Waals surface area contributed by atoms with Gasteiger partial charge < -0.3 is 4.74 Å². The van der Waals surface area contributed by atoms with Crippen molar-refractivity contribution >= 4 is 5.97 Å². The summed E-state index contributed by atoms with van der Waals surface area (Å²) >= 11 is 0. The Morgan fingerprint density at radius 3 is 2.38 bits per heavy atom. The van der Waals surface area contributed by atoms with Crippen LogP contribution in [0.15, 0.2) is 30.3 Å². The van der Waals surface area contributed by atoms with Gasteiger partial charge in [0.05, 0.1) is 6.61 Å². The molecule has 0 bridgehead atoms. The van der Waals surface area contributed by atoms with E-state index in [1.165, 1.54) is 0 Å². The van der Waals surface area contributed by atoms with E-state index in [0.717, 1.165) is 5.56 Å². The molecule has 0 aliphatic heterocycles. The number of rotatable bonds is 4. The zero-order valence-electron chi connectivity index (χ0n) is 8.46. The fourth-order valence-electron chi connectivity index (χ4n) is 1.17. The molecule has 0 radical (unpaired) electrons. The van der Waals surface area contributed by atoms with Gasteiger partial charge in [-0.2, -0.15) is 13.2 Å². The van der Waals surface area contributed by atoms with Crippen LogP contribution in [-0.4, -0.2) is 18.8 Å². The number of esters is 1. The SMILES string of the molecule is O=C(OCCCc1ccccc1)C(F)(F)F. The fraction of sp³-hybridized carbons (Fsp3) is 0.364. The van der Waals surface area contributed by atoms with Crippen LogP contribution in [-0.2, 0) is 16.0 Å². The molecule has 0 heterocycles. The van der Waals surface area contributed by atoms with Crippen LogP contribution in [0.1, 0.15) is 12.0 Å². The quantitative estimate of drug-likeness (QED) is 0.589. The summed E-state index contributed by atoms with van der Waals surface area (Å²) in [4.78, 5) is 10.3. The molecule has 5 heteroatoms. The van der Waals surface area contributed by atoms with Crippen molar-refractivity contribution in [3.05, 3.63) is 35.9 Å². The largest absolute Gasteiger partial charge is 0.490 e. The zero-order chi connectivity index (χ0) is 12.0. The molecule has 0 aromatic heterocycles. The molecular formula is C11H11F3O2. The first kappa shape index (κ1) is 12.5. The van der Waals surface area contributed by atoms with Crippen molar-refractivity contribution in [1.82, 2.24) is 0 Å². The van der Waals surface area contributed by atoms with E-state index >= 15 is 0 Å². The molecule has 0 saturated carbocycles. The number of ether oxygens (including phenoxy) is 1. The van der Waals surface area contributed by atoms with Crippen molar-refractivity contribution < 1.29 is 22.7 Å². The van der Waals surface area contributed by atoms with Gasteiger partial charge in [-0.3, -0.25) is 0 Å². The highest BCUT2D eigenvalue weighted by atomic mass is 19.4. The van der Waals surface area contributed by atoms with E-state index in [4.69, 9.17) is 0 Å². The summed E-state index contributed by atoms with van der Waals surface area (Å²) in [5.41, 5.74) is 1.01. The van der Waals surface area contributed by atoms with Gasteiger partial charge in [0.25, 0.3) is 0 Å². The molecule has 0 aliphatic carbocycles. The van der Waals surface area contributed by atoms with Gasteiger partial charge >= 0.3 is 12.1 Å². The summed E-state index contributed by atoms with van der Waals surface area (Å²) < 4.78 is 39.2. The minimum absolute atomic E-state index is 0.215. The van der Waals surface area contributed by atoms with Crippen LogP contribution in [0, 0.1) is 0 Å². The lowest BCUT2D eigenvalue weighted by Gasteiger charge is -2.06. The summed E-state index contributed by atoms with van der Waals surface area (Å²) in [5, 5.41) is 0. The Kier molecular flexibility index (Phi) is 4.34. The van der Waals surface area contributed by atoms with E-state index in [-0.39, 0.29) is 6.61 Å². The van der Waals surface area contributed by atoms with Crippen molar-refractivity contribution in [2.45, 2.75) is 19.0 Å². The third kappa shape index (κ3) is 4.33. The first-order valence-corrected chi connectivity index (χ1v) is 4.78. The van der Waals surface area contributed by atoms with Crippen molar-refractivity contribution in [2.24, 2.45) is 0 Å². The van der Waals surface area contributed by atoms with E-state index in [0.29, 0.717) is 12.8 Å². The second-order valence-electron chi connectivity index (χ2n) is 3.22. The van der Waals surface area contributed by atoms with E-state index in [9.17, 15) is 18.0 Å². The number of aryl methyl sites for hydroxylation is 1. The van der Waals surface area contributed by atoms with Crippen LogP contribution in [0.4, 0.5) is 13.2 Å². The molecule has 0 spiro atoms. The maximum atomic E-state index is 11.7. The van der Waals surface area contributed by atoms with Crippen LogP contribution in [0.3, 0.4) is 0 Å². The summed E-state index contributed by atoms with van der Waals surface area (Å²) in [6.45, 7) is -0.215. The number of benzene rings is 1. The third-order valence-electron chi connectivity index (χ3n) is 1.92.